The third-order valence-electron chi connectivity index (χ3n) is 7.21. The Labute approximate surface area is 225 Å². The third-order valence-corrected chi connectivity index (χ3v) is 7.21. The lowest BCUT2D eigenvalue weighted by Crippen LogP contribution is -2.51. The lowest BCUT2D eigenvalue weighted by Gasteiger charge is -2.39. The number of rotatable bonds is 9. The van der Waals surface area contributed by atoms with Crippen LogP contribution in [-0.4, -0.2) is 95.9 Å². The fraction of sp³-hybridized carbons (Fsp3) is 0.593. The van der Waals surface area contributed by atoms with Crippen molar-refractivity contribution in [1.82, 2.24) is 15.1 Å². The van der Waals surface area contributed by atoms with E-state index in [0.717, 1.165) is 37.1 Å². The van der Waals surface area contributed by atoms with E-state index in [2.05, 4.69) is 16.3 Å². The van der Waals surface area contributed by atoms with E-state index in [1.54, 1.807) is 11.0 Å². The minimum absolute atomic E-state index is 0.0537. The van der Waals surface area contributed by atoms with Crippen LogP contribution in [0.1, 0.15) is 44.2 Å². The van der Waals surface area contributed by atoms with Crippen molar-refractivity contribution in [3.05, 3.63) is 47.0 Å². The Bertz CT molecular complexity index is 1020. The zero-order valence-electron chi connectivity index (χ0n) is 22.6. The Morgan fingerprint density at radius 3 is 2.55 bits per heavy atom. The van der Waals surface area contributed by atoms with Crippen molar-refractivity contribution < 1.29 is 29.1 Å². The highest BCUT2D eigenvalue weighted by Crippen LogP contribution is 2.24. The molecule has 2 fully saturated rings. The average molecular weight is 526 g/mol. The van der Waals surface area contributed by atoms with E-state index in [-0.39, 0.29) is 30.5 Å². The number of likely N-dealkylation sites (tertiary alicyclic amines) is 1. The highest BCUT2D eigenvalue weighted by Gasteiger charge is 2.33. The number of aryl methyl sites for hydroxylation is 1. The first kappa shape index (κ1) is 29.6. The predicted molar refractivity (Wildman–Crippen MR) is 143 cm³/mol. The third kappa shape index (κ3) is 8.30. The number of carbonyl (C=O) groups is 2. The van der Waals surface area contributed by atoms with Crippen LogP contribution in [-0.2, 0) is 20.7 Å². The first-order chi connectivity index (χ1) is 18.1. The van der Waals surface area contributed by atoms with Gasteiger partial charge in [0, 0.05) is 25.2 Å². The number of ether oxygens (including phenoxy) is 2. The maximum atomic E-state index is 13.4. The zero-order chi connectivity index (χ0) is 27.7. The lowest BCUT2D eigenvalue weighted by atomic mass is 9.76. The highest BCUT2D eigenvalue weighted by molar-refractivity contribution is 6.43. The van der Waals surface area contributed by atoms with Gasteiger partial charge in [-0.1, -0.05) is 29.8 Å². The van der Waals surface area contributed by atoms with Crippen LogP contribution in [0.25, 0.3) is 0 Å². The summed E-state index contributed by atoms with van der Waals surface area (Å²) in [5.74, 6) is -1.32. The number of hydrogen-bond acceptors (Lipinski definition) is 8. The van der Waals surface area contributed by atoms with E-state index in [0.29, 0.717) is 26.2 Å². The van der Waals surface area contributed by atoms with E-state index in [1.165, 1.54) is 0 Å². The van der Waals surface area contributed by atoms with Crippen molar-refractivity contribution in [1.29, 1.82) is 5.26 Å². The lowest BCUT2D eigenvalue weighted by molar-refractivity contribution is -0.131. The molecule has 2 atom stereocenters. The normalized spacial score (nSPS) is 19.8. The standard InChI is InChI=1S/C27H39BN4O6/c1-20-7-9-21(10-8-20)16-24(28(35)36)30-26(34)38-19-23-6-4-5-11-32(23)25(33)22(18-29)17-27(2,3)31-12-14-37-15-13-31/h7-10,17,23-24,35-36H,4-6,11-16,19H2,1-3H3,(H,30,34)/t23-,24?/m1/s1. The van der Waals surface area contributed by atoms with Gasteiger partial charge in [0.25, 0.3) is 5.91 Å². The van der Waals surface area contributed by atoms with E-state index < -0.39 is 24.7 Å². The molecule has 1 unspecified atom stereocenters. The molecule has 2 aliphatic rings. The molecule has 10 nitrogen and oxygen atoms in total. The number of carbonyl (C=O) groups excluding carboxylic acids is 2. The van der Waals surface area contributed by atoms with Crippen molar-refractivity contribution in [2.45, 2.75) is 64.0 Å². The van der Waals surface area contributed by atoms with Crippen molar-refractivity contribution in [2.75, 3.05) is 39.5 Å². The maximum absolute atomic E-state index is 13.4. The highest BCUT2D eigenvalue weighted by atomic mass is 16.5. The fourth-order valence-electron chi connectivity index (χ4n) is 4.90. The van der Waals surface area contributed by atoms with Gasteiger partial charge in [-0.3, -0.25) is 9.69 Å². The van der Waals surface area contributed by atoms with Crippen LogP contribution < -0.4 is 5.32 Å². The van der Waals surface area contributed by atoms with Gasteiger partial charge in [0.05, 0.1) is 25.2 Å². The minimum atomic E-state index is -1.77. The largest absolute Gasteiger partial charge is 0.475 e. The van der Waals surface area contributed by atoms with E-state index in [9.17, 15) is 24.9 Å². The number of piperidine rings is 1. The van der Waals surface area contributed by atoms with E-state index in [1.807, 2.05) is 45.0 Å². The molecule has 1 aromatic rings. The quantitative estimate of drug-likeness (QED) is 0.251. The van der Waals surface area contributed by atoms with Crippen LogP contribution >= 0.6 is 0 Å². The minimum Gasteiger partial charge on any atom is -0.447 e. The van der Waals surface area contributed by atoms with Crippen molar-refractivity contribution in [3.8, 4) is 6.07 Å². The van der Waals surface area contributed by atoms with Crippen LogP contribution in [0.15, 0.2) is 35.9 Å². The molecule has 206 valence electrons. The molecule has 2 saturated heterocycles. The molecular weight excluding hydrogens is 487 g/mol. The van der Waals surface area contributed by atoms with Crippen molar-refractivity contribution >= 4 is 19.1 Å². The second kappa shape index (κ2) is 13.8. The molecule has 0 spiro atoms. The molecule has 2 amide bonds. The molecular formula is C27H39BN4O6. The van der Waals surface area contributed by atoms with Gasteiger partial charge in [0.2, 0.25) is 0 Å². The van der Waals surface area contributed by atoms with Crippen LogP contribution in [0.4, 0.5) is 4.79 Å². The van der Waals surface area contributed by atoms with Crippen molar-refractivity contribution in [2.24, 2.45) is 0 Å². The topological polar surface area (TPSA) is 135 Å². The molecule has 0 saturated carbocycles. The summed E-state index contributed by atoms with van der Waals surface area (Å²) < 4.78 is 10.8. The smallest absolute Gasteiger partial charge is 0.447 e. The number of morpholine rings is 1. The summed E-state index contributed by atoms with van der Waals surface area (Å²) in [4.78, 5) is 29.7. The Morgan fingerprint density at radius 1 is 1.24 bits per heavy atom. The summed E-state index contributed by atoms with van der Waals surface area (Å²) in [5, 5.41) is 31.9. The van der Waals surface area contributed by atoms with Crippen molar-refractivity contribution in [3.63, 3.8) is 0 Å². The first-order valence-electron chi connectivity index (χ1n) is 13.2. The summed E-state index contributed by atoms with van der Waals surface area (Å²) in [5.41, 5.74) is 1.49. The Hall–Kier alpha value is -2.91. The summed E-state index contributed by atoms with van der Waals surface area (Å²) in [6.07, 6.45) is 3.46. The molecule has 11 heteroatoms. The Balaban J connectivity index is 1.61. The molecule has 3 N–H and O–H groups in total. The van der Waals surface area contributed by atoms with Gasteiger partial charge in [-0.2, -0.15) is 5.26 Å². The van der Waals surface area contributed by atoms with Gasteiger partial charge in [-0.25, -0.2) is 4.79 Å². The average Bonchev–Trinajstić information content (AvgIpc) is 2.91. The van der Waals surface area contributed by atoms with Gasteiger partial charge >= 0.3 is 13.2 Å². The second-order valence-electron chi connectivity index (χ2n) is 10.5. The number of amides is 2. The maximum Gasteiger partial charge on any atom is 0.475 e. The van der Waals surface area contributed by atoms with Gasteiger partial charge in [-0.15, -0.1) is 0 Å². The summed E-state index contributed by atoms with van der Waals surface area (Å²) in [6, 6.07) is 9.26. The predicted octanol–water partition coefficient (Wildman–Crippen LogP) is 1.59. The zero-order valence-corrected chi connectivity index (χ0v) is 22.6. The number of nitriles is 1. The molecule has 38 heavy (non-hydrogen) atoms. The van der Waals surface area contributed by atoms with Crippen LogP contribution in [0.2, 0.25) is 0 Å². The number of alkyl carbamates (subject to hydrolysis) is 1. The molecule has 0 aromatic heterocycles. The van der Waals surface area contributed by atoms with Gasteiger partial charge in [-0.05, 0) is 58.1 Å². The van der Waals surface area contributed by atoms with Crippen LogP contribution in [0.5, 0.6) is 0 Å². The molecule has 0 aliphatic carbocycles. The fourth-order valence-corrected chi connectivity index (χ4v) is 4.90. The van der Waals surface area contributed by atoms with Gasteiger partial charge in [0.1, 0.15) is 18.2 Å². The number of hydrogen-bond donors (Lipinski definition) is 3. The second-order valence-corrected chi connectivity index (χ2v) is 10.5. The molecule has 2 aliphatic heterocycles. The SMILES string of the molecule is Cc1ccc(CC(NC(=O)OC[C@H]2CCCCN2C(=O)C(C#N)=CC(C)(C)N2CCOCC2)B(O)O)cc1. The van der Waals surface area contributed by atoms with E-state index in [4.69, 9.17) is 9.47 Å². The summed E-state index contributed by atoms with van der Waals surface area (Å²) >= 11 is 0. The van der Waals surface area contributed by atoms with Crippen LogP contribution in [0.3, 0.4) is 0 Å². The van der Waals surface area contributed by atoms with Gasteiger partial charge < -0.3 is 29.7 Å². The molecule has 2 heterocycles. The number of benzene rings is 1. The Kier molecular flexibility index (Phi) is 10.7. The number of nitrogens with zero attached hydrogens (tertiary/aromatic N) is 3. The molecule has 0 radical (unpaired) electrons. The van der Waals surface area contributed by atoms with Gasteiger partial charge in [0.15, 0.2) is 0 Å². The molecule has 3 rings (SSSR count). The van der Waals surface area contributed by atoms with Crippen LogP contribution in [0, 0.1) is 18.3 Å². The Morgan fingerprint density at radius 2 is 1.92 bits per heavy atom. The molecule has 1 aromatic carbocycles. The first-order valence-corrected chi connectivity index (χ1v) is 13.2. The molecule has 0 bridgehead atoms. The van der Waals surface area contributed by atoms with E-state index >= 15 is 0 Å². The summed E-state index contributed by atoms with van der Waals surface area (Å²) in [7, 11) is -1.77. The monoisotopic (exact) mass is 526 g/mol. The summed E-state index contributed by atoms with van der Waals surface area (Å²) in [6.45, 7) is 8.99. The number of nitrogens with one attached hydrogen (secondary N) is 1.